The van der Waals surface area contributed by atoms with E-state index in [1.54, 1.807) is 6.20 Å². The molecule has 2 heterocycles. The Morgan fingerprint density at radius 1 is 1.17 bits per heavy atom. The van der Waals surface area contributed by atoms with E-state index in [1.165, 1.54) is 0 Å². The molecule has 6 heteroatoms. The van der Waals surface area contributed by atoms with Crippen molar-refractivity contribution < 1.29 is 19.1 Å². The van der Waals surface area contributed by atoms with E-state index in [4.69, 9.17) is 9.47 Å². The van der Waals surface area contributed by atoms with Gasteiger partial charge >= 0.3 is 0 Å². The minimum Gasteiger partial charge on any atom is -0.490 e. The molecule has 1 aromatic heterocycles. The van der Waals surface area contributed by atoms with E-state index >= 15 is 0 Å². The van der Waals surface area contributed by atoms with Gasteiger partial charge in [-0.2, -0.15) is 0 Å². The van der Waals surface area contributed by atoms with Crippen molar-refractivity contribution in [1.29, 1.82) is 0 Å². The quantitative estimate of drug-likeness (QED) is 0.647. The summed E-state index contributed by atoms with van der Waals surface area (Å²) < 4.78 is 13.3. The summed E-state index contributed by atoms with van der Waals surface area (Å²) in [6, 6.07) is 13.3. The zero-order valence-electron chi connectivity index (χ0n) is 16.4. The average molecular weight is 392 g/mol. The lowest BCUT2D eigenvalue weighted by Gasteiger charge is -2.19. The highest BCUT2D eigenvalue weighted by Gasteiger charge is 2.18. The Morgan fingerprint density at radius 2 is 1.97 bits per heavy atom. The first-order valence-electron chi connectivity index (χ1n) is 9.91. The molecule has 29 heavy (non-hydrogen) atoms. The van der Waals surface area contributed by atoms with Gasteiger partial charge in [0, 0.05) is 29.1 Å². The third kappa shape index (κ3) is 3.97. The molecule has 1 N–H and O–H groups in total. The Labute approximate surface area is 169 Å². The molecule has 3 aromatic rings. The summed E-state index contributed by atoms with van der Waals surface area (Å²) in [5, 5.41) is 3.95. The first-order chi connectivity index (χ1) is 14.2. The van der Waals surface area contributed by atoms with E-state index in [0.29, 0.717) is 18.8 Å². The molecule has 0 radical (unpaired) electrons. The summed E-state index contributed by atoms with van der Waals surface area (Å²) >= 11 is 0. The predicted octanol–water partition coefficient (Wildman–Crippen LogP) is 3.88. The molecule has 150 valence electrons. The van der Waals surface area contributed by atoms with Gasteiger partial charge in [-0.05, 0) is 30.2 Å². The largest absolute Gasteiger partial charge is 0.490 e. The van der Waals surface area contributed by atoms with Crippen molar-refractivity contribution in [3.63, 3.8) is 0 Å². The number of benzene rings is 2. The molecule has 1 aliphatic rings. The van der Waals surface area contributed by atoms with Crippen molar-refractivity contribution in [2.24, 2.45) is 0 Å². The van der Waals surface area contributed by atoms with Gasteiger partial charge in [0.1, 0.15) is 6.54 Å². The highest BCUT2D eigenvalue weighted by Crippen LogP contribution is 2.33. The smallest absolute Gasteiger partial charge is 0.240 e. The number of fused-ring (bicyclic) bond motifs is 2. The van der Waals surface area contributed by atoms with E-state index in [2.05, 4.69) is 5.32 Å². The van der Waals surface area contributed by atoms with Crippen molar-refractivity contribution in [3.8, 4) is 11.5 Å². The molecule has 4 rings (SSSR count). The Bertz CT molecular complexity index is 1040. The van der Waals surface area contributed by atoms with Gasteiger partial charge in [-0.25, -0.2) is 0 Å². The normalized spacial score (nSPS) is 14.2. The summed E-state index contributed by atoms with van der Waals surface area (Å²) in [5.74, 6) is 1.36. The highest BCUT2D eigenvalue weighted by molar-refractivity contribution is 5.98. The van der Waals surface area contributed by atoms with Crippen LogP contribution in [0.15, 0.2) is 48.7 Å². The van der Waals surface area contributed by atoms with Crippen molar-refractivity contribution in [2.75, 3.05) is 13.2 Å². The molecule has 0 aliphatic carbocycles. The van der Waals surface area contributed by atoms with Crippen LogP contribution in [-0.4, -0.2) is 30.0 Å². The van der Waals surface area contributed by atoms with Crippen LogP contribution in [0.3, 0.4) is 0 Å². The lowest BCUT2D eigenvalue weighted by molar-refractivity contribution is -0.122. The lowest BCUT2D eigenvalue weighted by Crippen LogP contribution is -2.31. The van der Waals surface area contributed by atoms with E-state index in [9.17, 15) is 9.59 Å². The van der Waals surface area contributed by atoms with Gasteiger partial charge in [0.15, 0.2) is 17.8 Å². The molecular formula is C23H24N2O4. The molecule has 1 amide bonds. The topological polar surface area (TPSA) is 69.6 Å². The zero-order chi connectivity index (χ0) is 20.2. The van der Waals surface area contributed by atoms with Crippen LogP contribution >= 0.6 is 0 Å². The van der Waals surface area contributed by atoms with Gasteiger partial charge in [-0.3, -0.25) is 9.59 Å². The number of rotatable bonds is 6. The van der Waals surface area contributed by atoms with E-state index in [-0.39, 0.29) is 18.5 Å². The number of para-hydroxylation sites is 1. The van der Waals surface area contributed by atoms with Crippen LogP contribution in [0.1, 0.15) is 41.7 Å². The van der Waals surface area contributed by atoms with Crippen LogP contribution in [0, 0.1) is 0 Å². The molecule has 0 fully saturated rings. The Hall–Kier alpha value is -3.28. The molecule has 6 nitrogen and oxygen atoms in total. The lowest BCUT2D eigenvalue weighted by atomic mass is 10.0. The predicted molar refractivity (Wildman–Crippen MR) is 111 cm³/mol. The van der Waals surface area contributed by atoms with Crippen LogP contribution in [0.5, 0.6) is 11.5 Å². The number of aromatic nitrogens is 1. The SMILES string of the molecule is CC[C@H](NC(=O)Cn1cc(C=O)c2ccccc21)c1ccc2c(c1)OCCCO2. The van der Waals surface area contributed by atoms with Gasteiger partial charge in [0.2, 0.25) is 5.91 Å². The molecule has 2 aromatic carbocycles. The van der Waals surface area contributed by atoms with Crippen LogP contribution in [0.2, 0.25) is 0 Å². The number of carbonyl (C=O) groups is 2. The summed E-state index contributed by atoms with van der Waals surface area (Å²) in [7, 11) is 0. The van der Waals surface area contributed by atoms with Crippen LogP contribution < -0.4 is 14.8 Å². The molecule has 0 unspecified atom stereocenters. The zero-order valence-corrected chi connectivity index (χ0v) is 16.4. The number of carbonyl (C=O) groups excluding carboxylic acids is 2. The third-order valence-corrected chi connectivity index (χ3v) is 5.18. The number of hydrogen-bond donors (Lipinski definition) is 1. The highest BCUT2D eigenvalue weighted by atomic mass is 16.5. The van der Waals surface area contributed by atoms with Crippen molar-refractivity contribution in [1.82, 2.24) is 9.88 Å². The maximum absolute atomic E-state index is 12.8. The first kappa shape index (κ1) is 19.1. The second-order valence-electron chi connectivity index (χ2n) is 7.13. The number of amides is 1. The summed E-state index contributed by atoms with van der Waals surface area (Å²) in [6.07, 6.45) is 4.15. The average Bonchev–Trinajstić information content (AvgIpc) is 2.93. The fourth-order valence-electron chi connectivity index (χ4n) is 3.71. The molecule has 0 bridgehead atoms. The summed E-state index contributed by atoms with van der Waals surface area (Å²) in [5.41, 5.74) is 2.44. The van der Waals surface area contributed by atoms with Crippen molar-refractivity contribution >= 4 is 23.1 Å². The van der Waals surface area contributed by atoms with E-state index < -0.39 is 0 Å². The van der Waals surface area contributed by atoms with Crippen LogP contribution in [0.4, 0.5) is 0 Å². The molecular weight excluding hydrogens is 368 g/mol. The fourth-order valence-corrected chi connectivity index (χ4v) is 3.71. The van der Waals surface area contributed by atoms with Gasteiger partial charge in [-0.15, -0.1) is 0 Å². The van der Waals surface area contributed by atoms with Crippen LogP contribution in [0.25, 0.3) is 10.9 Å². The van der Waals surface area contributed by atoms with Crippen molar-refractivity contribution in [2.45, 2.75) is 32.4 Å². The van der Waals surface area contributed by atoms with E-state index in [1.807, 2.05) is 54.0 Å². The monoisotopic (exact) mass is 392 g/mol. The molecule has 0 saturated heterocycles. The van der Waals surface area contributed by atoms with Gasteiger partial charge in [0.05, 0.1) is 19.3 Å². The van der Waals surface area contributed by atoms with Crippen LogP contribution in [-0.2, 0) is 11.3 Å². The standard InChI is InChI=1S/C23H24N2O4/c1-2-19(16-8-9-21-22(12-16)29-11-5-10-28-21)24-23(27)14-25-13-17(15-26)18-6-3-4-7-20(18)25/h3-4,6-9,12-13,15,19H,2,5,10-11,14H2,1H3,(H,24,27)/t19-/m0/s1. The number of hydrogen-bond acceptors (Lipinski definition) is 4. The Kier molecular flexibility index (Phi) is 5.51. The summed E-state index contributed by atoms with van der Waals surface area (Å²) in [6.45, 7) is 3.45. The minimum absolute atomic E-state index is 0.109. The maximum atomic E-state index is 12.8. The van der Waals surface area contributed by atoms with Gasteiger partial charge in [0.25, 0.3) is 0 Å². The number of nitrogens with one attached hydrogen (secondary N) is 1. The summed E-state index contributed by atoms with van der Waals surface area (Å²) in [4.78, 5) is 24.1. The minimum atomic E-state index is -0.132. The Balaban J connectivity index is 1.51. The number of aldehydes is 1. The molecule has 1 atom stereocenters. The van der Waals surface area contributed by atoms with Crippen molar-refractivity contribution in [3.05, 3.63) is 59.8 Å². The third-order valence-electron chi connectivity index (χ3n) is 5.18. The molecule has 0 saturated carbocycles. The Morgan fingerprint density at radius 3 is 2.76 bits per heavy atom. The first-order valence-corrected chi connectivity index (χ1v) is 9.91. The van der Waals surface area contributed by atoms with E-state index in [0.717, 1.165) is 47.1 Å². The van der Waals surface area contributed by atoms with Gasteiger partial charge < -0.3 is 19.4 Å². The second kappa shape index (κ2) is 8.39. The molecule has 1 aliphatic heterocycles. The number of nitrogens with zero attached hydrogens (tertiary/aromatic N) is 1. The molecule has 0 spiro atoms. The maximum Gasteiger partial charge on any atom is 0.240 e. The number of ether oxygens (including phenoxy) is 2. The fraction of sp³-hybridized carbons (Fsp3) is 0.304. The van der Waals surface area contributed by atoms with Gasteiger partial charge in [-0.1, -0.05) is 31.2 Å². The second-order valence-corrected chi connectivity index (χ2v) is 7.13.